The number of ether oxygens (including phenoxy) is 2. The molecule has 0 saturated carbocycles. The van der Waals surface area contributed by atoms with Crippen LogP contribution in [0, 0.1) is 13.8 Å². The third-order valence-electron chi connectivity index (χ3n) is 4.31. The number of carbonyl (C=O) groups excluding carboxylic acids is 1. The van der Waals surface area contributed by atoms with Crippen LogP contribution in [0.1, 0.15) is 26.5 Å². The van der Waals surface area contributed by atoms with Crippen molar-refractivity contribution in [3.63, 3.8) is 0 Å². The monoisotopic (exact) mass is 366 g/mol. The highest BCUT2D eigenvalue weighted by molar-refractivity contribution is 7.15. The summed E-state index contributed by atoms with van der Waals surface area (Å²) in [6.45, 7) is 4.69. The van der Waals surface area contributed by atoms with Crippen molar-refractivity contribution in [2.75, 3.05) is 6.79 Å². The molecule has 5 nitrogen and oxygen atoms in total. The summed E-state index contributed by atoms with van der Waals surface area (Å²) in [5.41, 5.74) is 3.82. The Morgan fingerprint density at radius 2 is 1.96 bits per heavy atom. The van der Waals surface area contributed by atoms with Crippen molar-refractivity contribution in [3.05, 3.63) is 64.2 Å². The second-order valence-electron chi connectivity index (χ2n) is 6.09. The summed E-state index contributed by atoms with van der Waals surface area (Å²) < 4.78 is 10.6. The van der Waals surface area contributed by atoms with Crippen LogP contribution < -0.4 is 14.8 Å². The first-order valence-electron chi connectivity index (χ1n) is 8.32. The fourth-order valence-electron chi connectivity index (χ4n) is 2.82. The molecule has 3 aromatic rings. The van der Waals surface area contributed by atoms with E-state index in [1.165, 1.54) is 5.56 Å². The molecular weight excluding hydrogens is 348 g/mol. The minimum absolute atomic E-state index is 0.145. The molecule has 0 saturated heterocycles. The van der Waals surface area contributed by atoms with E-state index in [0.717, 1.165) is 21.1 Å². The molecule has 0 atom stereocenters. The zero-order chi connectivity index (χ0) is 18.1. The molecule has 0 bridgehead atoms. The summed E-state index contributed by atoms with van der Waals surface area (Å²) in [6.07, 6.45) is 0. The minimum Gasteiger partial charge on any atom is -0.454 e. The molecule has 1 aliphatic rings. The van der Waals surface area contributed by atoms with Gasteiger partial charge in [-0.15, -0.1) is 11.3 Å². The summed E-state index contributed by atoms with van der Waals surface area (Å²) in [4.78, 5) is 18.2. The molecule has 26 heavy (non-hydrogen) atoms. The average molecular weight is 366 g/mol. The van der Waals surface area contributed by atoms with Crippen LogP contribution in [-0.2, 0) is 6.54 Å². The summed E-state index contributed by atoms with van der Waals surface area (Å²) in [7, 11) is 0. The van der Waals surface area contributed by atoms with E-state index in [9.17, 15) is 4.79 Å². The molecule has 2 aromatic carbocycles. The third kappa shape index (κ3) is 3.15. The van der Waals surface area contributed by atoms with Crippen molar-refractivity contribution in [2.45, 2.75) is 20.4 Å². The summed E-state index contributed by atoms with van der Waals surface area (Å²) in [5.74, 6) is 1.13. The Morgan fingerprint density at radius 1 is 1.15 bits per heavy atom. The Kier molecular flexibility index (Phi) is 4.34. The van der Waals surface area contributed by atoms with Crippen molar-refractivity contribution in [3.8, 4) is 22.1 Å². The number of carbonyl (C=O) groups is 1. The first kappa shape index (κ1) is 16.6. The third-order valence-corrected chi connectivity index (χ3v) is 5.50. The number of benzene rings is 2. The zero-order valence-electron chi connectivity index (χ0n) is 14.5. The summed E-state index contributed by atoms with van der Waals surface area (Å²) in [5, 5.41) is 3.94. The van der Waals surface area contributed by atoms with Gasteiger partial charge < -0.3 is 14.8 Å². The molecule has 1 N–H and O–H groups in total. The first-order valence-corrected chi connectivity index (χ1v) is 9.13. The second kappa shape index (κ2) is 6.80. The largest absolute Gasteiger partial charge is 0.454 e. The molecule has 1 aliphatic heterocycles. The fourth-order valence-corrected chi connectivity index (χ4v) is 3.91. The molecule has 0 radical (unpaired) electrons. The van der Waals surface area contributed by atoms with Gasteiger partial charge in [-0.2, -0.15) is 0 Å². The molecule has 132 valence electrons. The number of nitrogens with zero attached hydrogens (tertiary/aromatic N) is 1. The number of thiazole rings is 1. The predicted molar refractivity (Wildman–Crippen MR) is 101 cm³/mol. The van der Waals surface area contributed by atoms with Crippen LogP contribution in [0.25, 0.3) is 10.6 Å². The van der Waals surface area contributed by atoms with Gasteiger partial charge in [-0.25, -0.2) is 4.98 Å². The Hall–Kier alpha value is -2.86. The van der Waals surface area contributed by atoms with Gasteiger partial charge in [0, 0.05) is 16.0 Å². The van der Waals surface area contributed by atoms with Crippen LogP contribution in [-0.4, -0.2) is 17.7 Å². The first-order chi connectivity index (χ1) is 12.6. The fraction of sp³-hybridized carbons (Fsp3) is 0.200. The van der Waals surface area contributed by atoms with Crippen LogP contribution >= 0.6 is 11.3 Å². The number of nitrogens with one attached hydrogen (secondary N) is 1. The van der Waals surface area contributed by atoms with E-state index < -0.39 is 0 Å². The van der Waals surface area contributed by atoms with E-state index in [-0.39, 0.29) is 12.7 Å². The molecule has 6 heteroatoms. The number of rotatable bonds is 4. The SMILES string of the molecule is Cc1ccccc1-c1nc(C)c(CNC(=O)c2ccc3c(c2)OCO3)s1. The highest BCUT2D eigenvalue weighted by atomic mass is 32.1. The van der Waals surface area contributed by atoms with E-state index in [1.54, 1.807) is 29.5 Å². The lowest BCUT2D eigenvalue weighted by molar-refractivity contribution is 0.0951. The molecule has 0 fully saturated rings. The number of fused-ring (bicyclic) bond motifs is 1. The topological polar surface area (TPSA) is 60.5 Å². The summed E-state index contributed by atoms with van der Waals surface area (Å²) >= 11 is 1.61. The molecule has 0 aliphatic carbocycles. The number of hydrogen-bond acceptors (Lipinski definition) is 5. The van der Waals surface area contributed by atoms with Crippen LogP contribution in [0.4, 0.5) is 0 Å². The smallest absolute Gasteiger partial charge is 0.251 e. The van der Waals surface area contributed by atoms with Crippen molar-refractivity contribution in [2.24, 2.45) is 0 Å². The number of hydrogen-bond donors (Lipinski definition) is 1. The summed E-state index contributed by atoms with van der Waals surface area (Å²) in [6, 6.07) is 13.4. The lowest BCUT2D eigenvalue weighted by Crippen LogP contribution is -2.22. The lowest BCUT2D eigenvalue weighted by Gasteiger charge is -2.05. The Labute approximate surface area is 155 Å². The van der Waals surface area contributed by atoms with E-state index in [4.69, 9.17) is 9.47 Å². The number of aryl methyl sites for hydroxylation is 2. The van der Waals surface area contributed by atoms with Crippen molar-refractivity contribution >= 4 is 17.2 Å². The van der Waals surface area contributed by atoms with Crippen molar-refractivity contribution in [1.82, 2.24) is 10.3 Å². The van der Waals surface area contributed by atoms with Gasteiger partial charge in [0.05, 0.1) is 12.2 Å². The van der Waals surface area contributed by atoms with E-state index in [1.807, 2.05) is 19.1 Å². The lowest BCUT2D eigenvalue weighted by atomic mass is 10.1. The van der Waals surface area contributed by atoms with E-state index in [2.05, 4.69) is 29.4 Å². The standard InChI is InChI=1S/C20H18N2O3S/c1-12-5-3-4-6-15(12)20-22-13(2)18(26-20)10-21-19(23)14-7-8-16-17(9-14)25-11-24-16/h3-9H,10-11H2,1-2H3,(H,21,23). The van der Waals surface area contributed by atoms with Gasteiger partial charge >= 0.3 is 0 Å². The maximum Gasteiger partial charge on any atom is 0.251 e. The van der Waals surface area contributed by atoms with Gasteiger partial charge in [0.2, 0.25) is 6.79 Å². The molecule has 4 rings (SSSR count). The van der Waals surface area contributed by atoms with Gasteiger partial charge in [-0.05, 0) is 37.6 Å². The van der Waals surface area contributed by atoms with Crippen LogP contribution in [0.15, 0.2) is 42.5 Å². The quantitative estimate of drug-likeness (QED) is 0.756. The minimum atomic E-state index is -0.145. The molecule has 0 unspecified atom stereocenters. The van der Waals surface area contributed by atoms with Gasteiger partial charge in [-0.3, -0.25) is 4.79 Å². The van der Waals surface area contributed by atoms with Crippen molar-refractivity contribution in [1.29, 1.82) is 0 Å². The van der Waals surface area contributed by atoms with E-state index >= 15 is 0 Å². The predicted octanol–water partition coefficient (Wildman–Crippen LogP) is 4.09. The molecule has 2 heterocycles. The molecular formula is C20H18N2O3S. The zero-order valence-corrected chi connectivity index (χ0v) is 15.4. The van der Waals surface area contributed by atoms with Crippen molar-refractivity contribution < 1.29 is 14.3 Å². The van der Waals surface area contributed by atoms with Crippen LogP contribution in [0.5, 0.6) is 11.5 Å². The van der Waals surface area contributed by atoms with Crippen LogP contribution in [0.3, 0.4) is 0 Å². The Bertz CT molecular complexity index is 981. The molecule has 1 amide bonds. The maximum absolute atomic E-state index is 12.4. The number of aromatic nitrogens is 1. The average Bonchev–Trinajstić information content (AvgIpc) is 3.25. The van der Waals surface area contributed by atoms with Gasteiger partial charge in [0.25, 0.3) is 5.91 Å². The van der Waals surface area contributed by atoms with Crippen LogP contribution in [0.2, 0.25) is 0 Å². The number of amides is 1. The van der Waals surface area contributed by atoms with Gasteiger partial charge in [0.1, 0.15) is 5.01 Å². The van der Waals surface area contributed by atoms with E-state index in [0.29, 0.717) is 23.6 Å². The molecule has 0 spiro atoms. The highest BCUT2D eigenvalue weighted by Crippen LogP contribution is 2.33. The highest BCUT2D eigenvalue weighted by Gasteiger charge is 2.17. The maximum atomic E-state index is 12.4. The Balaban J connectivity index is 1.48. The molecule has 1 aromatic heterocycles. The Morgan fingerprint density at radius 3 is 2.81 bits per heavy atom. The van der Waals surface area contributed by atoms with Gasteiger partial charge in [-0.1, -0.05) is 24.3 Å². The second-order valence-corrected chi connectivity index (χ2v) is 7.18. The normalized spacial score (nSPS) is 12.2. The van der Waals surface area contributed by atoms with Gasteiger partial charge in [0.15, 0.2) is 11.5 Å².